The average Bonchev–Trinajstić information content (AvgIpc) is 3.13. The second-order valence-electron chi connectivity index (χ2n) is 6.36. The molecule has 2 amide bonds. The van der Waals surface area contributed by atoms with Gasteiger partial charge in [0.05, 0.1) is 0 Å². The number of amides is 2. The molecule has 0 aliphatic rings. The second kappa shape index (κ2) is 8.35. The molecule has 3 aromatic rings. The Labute approximate surface area is 157 Å². The van der Waals surface area contributed by atoms with E-state index in [4.69, 9.17) is 9.26 Å². The SMILES string of the molecule is CC(C)NC(=O)Nc1ccc(-c2noc(C(C)Oc3ccccc3)n2)cc1. The van der Waals surface area contributed by atoms with Crippen LogP contribution in [-0.4, -0.2) is 22.2 Å². The van der Waals surface area contributed by atoms with Crippen molar-refractivity contribution in [3.63, 3.8) is 0 Å². The number of benzene rings is 2. The zero-order valence-electron chi connectivity index (χ0n) is 15.5. The lowest BCUT2D eigenvalue weighted by molar-refractivity contribution is 0.176. The first-order chi connectivity index (χ1) is 13.0. The second-order valence-corrected chi connectivity index (χ2v) is 6.36. The molecule has 0 fully saturated rings. The maximum atomic E-state index is 11.7. The quantitative estimate of drug-likeness (QED) is 0.675. The summed E-state index contributed by atoms with van der Waals surface area (Å²) in [4.78, 5) is 16.1. The van der Waals surface area contributed by atoms with Crippen LogP contribution in [0.15, 0.2) is 59.1 Å². The van der Waals surface area contributed by atoms with Crippen LogP contribution in [0.25, 0.3) is 11.4 Å². The highest BCUT2D eigenvalue weighted by Gasteiger charge is 2.17. The molecule has 0 bridgehead atoms. The Morgan fingerprint density at radius 3 is 2.41 bits per heavy atom. The van der Waals surface area contributed by atoms with Gasteiger partial charge in [-0.15, -0.1) is 0 Å². The van der Waals surface area contributed by atoms with Crippen molar-refractivity contribution in [2.45, 2.75) is 32.9 Å². The smallest absolute Gasteiger partial charge is 0.319 e. The molecule has 0 radical (unpaired) electrons. The van der Waals surface area contributed by atoms with Gasteiger partial charge < -0.3 is 19.9 Å². The van der Waals surface area contributed by atoms with Crippen molar-refractivity contribution in [2.75, 3.05) is 5.32 Å². The highest BCUT2D eigenvalue weighted by Crippen LogP contribution is 2.23. The number of carbonyl (C=O) groups excluding carboxylic acids is 1. The Balaban J connectivity index is 1.64. The molecule has 140 valence electrons. The van der Waals surface area contributed by atoms with Crippen LogP contribution in [0.3, 0.4) is 0 Å². The van der Waals surface area contributed by atoms with Gasteiger partial charge >= 0.3 is 6.03 Å². The molecule has 1 aromatic heterocycles. The number of nitrogens with zero attached hydrogens (tertiary/aromatic N) is 2. The molecule has 0 saturated heterocycles. The number of aromatic nitrogens is 2. The summed E-state index contributed by atoms with van der Waals surface area (Å²) in [5.41, 5.74) is 1.47. The number of urea groups is 1. The fourth-order valence-electron chi connectivity index (χ4n) is 2.40. The standard InChI is InChI=1S/C20H22N4O3/c1-13(2)21-20(25)22-16-11-9-15(10-12-16)18-23-19(27-24-18)14(3)26-17-7-5-4-6-8-17/h4-14H,1-3H3,(H2,21,22,25). The summed E-state index contributed by atoms with van der Waals surface area (Å²) >= 11 is 0. The third-order valence-corrected chi connectivity index (χ3v) is 3.67. The van der Waals surface area contributed by atoms with Crippen LogP contribution in [0.1, 0.15) is 32.8 Å². The van der Waals surface area contributed by atoms with E-state index in [2.05, 4.69) is 20.8 Å². The van der Waals surface area contributed by atoms with E-state index in [0.29, 0.717) is 17.4 Å². The Bertz CT molecular complexity index is 876. The lowest BCUT2D eigenvalue weighted by Crippen LogP contribution is -2.34. The lowest BCUT2D eigenvalue weighted by Gasteiger charge is -2.10. The van der Waals surface area contributed by atoms with Gasteiger partial charge in [0.25, 0.3) is 5.89 Å². The van der Waals surface area contributed by atoms with Crippen molar-refractivity contribution in [1.82, 2.24) is 15.5 Å². The minimum Gasteiger partial charge on any atom is -0.481 e. The topological polar surface area (TPSA) is 89.3 Å². The number of ether oxygens (including phenoxy) is 1. The monoisotopic (exact) mass is 366 g/mol. The Kier molecular flexibility index (Phi) is 5.71. The molecule has 2 aromatic carbocycles. The van der Waals surface area contributed by atoms with E-state index in [1.54, 1.807) is 12.1 Å². The summed E-state index contributed by atoms with van der Waals surface area (Å²) < 4.78 is 11.1. The van der Waals surface area contributed by atoms with Gasteiger partial charge in [-0.1, -0.05) is 23.4 Å². The van der Waals surface area contributed by atoms with E-state index < -0.39 is 0 Å². The van der Waals surface area contributed by atoms with Gasteiger partial charge in [-0.2, -0.15) is 4.98 Å². The summed E-state index contributed by atoms with van der Waals surface area (Å²) in [6.07, 6.45) is -0.366. The van der Waals surface area contributed by atoms with Crippen LogP contribution in [0.4, 0.5) is 10.5 Å². The minimum absolute atomic E-state index is 0.0714. The Hall–Kier alpha value is -3.35. The summed E-state index contributed by atoms with van der Waals surface area (Å²) in [5.74, 6) is 1.60. The predicted octanol–water partition coefficient (Wildman–Crippen LogP) is 4.41. The van der Waals surface area contributed by atoms with Gasteiger partial charge in [0.2, 0.25) is 5.82 Å². The summed E-state index contributed by atoms with van der Waals surface area (Å²) in [5, 5.41) is 9.55. The largest absolute Gasteiger partial charge is 0.481 e. The number of hydrogen-bond acceptors (Lipinski definition) is 5. The fourth-order valence-corrected chi connectivity index (χ4v) is 2.40. The molecule has 0 aliphatic heterocycles. The molecule has 1 heterocycles. The van der Waals surface area contributed by atoms with Crippen molar-refractivity contribution < 1.29 is 14.1 Å². The van der Waals surface area contributed by atoms with Crippen LogP contribution in [0.2, 0.25) is 0 Å². The van der Waals surface area contributed by atoms with E-state index in [1.807, 2.05) is 63.2 Å². The van der Waals surface area contributed by atoms with Crippen molar-refractivity contribution in [2.24, 2.45) is 0 Å². The first-order valence-corrected chi connectivity index (χ1v) is 8.74. The number of hydrogen-bond donors (Lipinski definition) is 2. The van der Waals surface area contributed by atoms with Crippen LogP contribution >= 0.6 is 0 Å². The molecule has 1 unspecified atom stereocenters. The minimum atomic E-state index is -0.366. The number of rotatable bonds is 6. The van der Waals surface area contributed by atoms with Crippen LogP contribution < -0.4 is 15.4 Å². The maximum Gasteiger partial charge on any atom is 0.319 e. The average molecular weight is 366 g/mol. The highest BCUT2D eigenvalue weighted by atomic mass is 16.5. The zero-order chi connectivity index (χ0) is 19.2. The highest BCUT2D eigenvalue weighted by molar-refractivity contribution is 5.89. The number of para-hydroxylation sites is 1. The van der Waals surface area contributed by atoms with Crippen molar-refractivity contribution in [1.29, 1.82) is 0 Å². The first-order valence-electron chi connectivity index (χ1n) is 8.74. The van der Waals surface area contributed by atoms with E-state index in [0.717, 1.165) is 11.3 Å². The number of anilines is 1. The lowest BCUT2D eigenvalue weighted by atomic mass is 10.2. The molecule has 0 aliphatic carbocycles. The molecular weight excluding hydrogens is 344 g/mol. The molecule has 0 spiro atoms. The van der Waals surface area contributed by atoms with E-state index in [1.165, 1.54) is 0 Å². The van der Waals surface area contributed by atoms with Gasteiger partial charge in [0.15, 0.2) is 6.10 Å². The summed E-state index contributed by atoms with van der Waals surface area (Å²) in [6, 6.07) is 16.5. The molecule has 7 nitrogen and oxygen atoms in total. The summed E-state index contributed by atoms with van der Waals surface area (Å²) in [7, 11) is 0. The molecule has 1 atom stereocenters. The van der Waals surface area contributed by atoms with Crippen molar-refractivity contribution in [3.05, 3.63) is 60.5 Å². The third-order valence-electron chi connectivity index (χ3n) is 3.67. The van der Waals surface area contributed by atoms with Crippen LogP contribution in [0, 0.1) is 0 Å². The van der Waals surface area contributed by atoms with E-state index in [9.17, 15) is 4.79 Å². The molecule has 3 rings (SSSR count). The summed E-state index contributed by atoms with van der Waals surface area (Å²) in [6.45, 7) is 5.66. The van der Waals surface area contributed by atoms with Gasteiger partial charge in [0, 0.05) is 17.3 Å². The predicted molar refractivity (Wildman–Crippen MR) is 103 cm³/mol. The first kappa shape index (κ1) is 18.4. The Morgan fingerprint density at radius 2 is 1.74 bits per heavy atom. The van der Waals surface area contributed by atoms with Crippen molar-refractivity contribution in [3.8, 4) is 17.1 Å². The van der Waals surface area contributed by atoms with Gasteiger partial charge in [-0.3, -0.25) is 0 Å². The van der Waals surface area contributed by atoms with E-state index >= 15 is 0 Å². The van der Waals surface area contributed by atoms with Crippen LogP contribution in [-0.2, 0) is 0 Å². The Morgan fingerprint density at radius 1 is 1.04 bits per heavy atom. The van der Waals surface area contributed by atoms with E-state index in [-0.39, 0.29) is 18.2 Å². The number of nitrogens with one attached hydrogen (secondary N) is 2. The van der Waals surface area contributed by atoms with Gasteiger partial charge in [-0.25, -0.2) is 4.79 Å². The molecule has 7 heteroatoms. The molecule has 27 heavy (non-hydrogen) atoms. The molecule has 0 saturated carbocycles. The molecular formula is C20H22N4O3. The van der Waals surface area contributed by atoms with Gasteiger partial charge in [-0.05, 0) is 57.2 Å². The zero-order valence-corrected chi connectivity index (χ0v) is 15.5. The van der Waals surface area contributed by atoms with Crippen LogP contribution in [0.5, 0.6) is 5.75 Å². The van der Waals surface area contributed by atoms with Gasteiger partial charge in [0.1, 0.15) is 5.75 Å². The van der Waals surface area contributed by atoms with Crippen molar-refractivity contribution >= 4 is 11.7 Å². The maximum absolute atomic E-state index is 11.7. The number of carbonyl (C=O) groups is 1. The fraction of sp³-hybridized carbons (Fsp3) is 0.250. The molecule has 2 N–H and O–H groups in total. The normalized spacial score (nSPS) is 11.9. The third kappa shape index (κ3) is 5.07.